The van der Waals surface area contributed by atoms with Crippen LogP contribution in [0.2, 0.25) is 5.02 Å². The molecule has 0 aromatic heterocycles. The van der Waals surface area contributed by atoms with Crippen LogP contribution in [0.3, 0.4) is 0 Å². The van der Waals surface area contributed by atoms with Gasteiger partial charge in [-0.3, -0.25) is 9.59 Å². The molecule has 0 unspecified atom stereocenters. The third-order valence-corrected chi connectivity index (χ3v) is 5.37. The zero-order valence-corrected chi connectivity index (χ0v) is 14.9. The fourth-order valence-corrected chi connectivity index (χ4v) is 4.08. The zero-order chi connectivity index (χ0) is 18.3. The lowest BCUT2D eigenvalue weighted by Gasteiger charge is -2.32. The van der Waals surface area contributed by atoms with Crippen LogP contribution in [0.25, 0.3) is 0 Å². The maximum Gasteiger partial charge on any atom is 0.254 e. The minimum absolute atomic E-state index is 0.0472. The van der Waals surface area contributed by atoms with Crippen LogP contribution in [-0.2, 0) is 11.2 Å². The van der Waals surface area contributed by atoms with Crippen molar-refractivity contribution in [2.75, 3.05) is 18.4 Å². The monoisotopic (exact) mass is 372 g/mol. The smallest absolute Gasteiger partial charge is 0.254 e. The number of nitrogens with zero attached hydrogens (tertiary/aromatic N) is 1. The molecule has 2 aromatic carbocycles. The molecule has 1 saturated heterocycles. The fraction of sp³-hybridized carbons (Fsp3) is 0.300. The van der Waals surface area contributed by atoms with Crippen molar-refractivity contribution in [2.24, 2.45) is 0 Å². The van der Waals surface area contributed by atoms with Crippen molar-refractivity contribution in [1.82, 2.24) is 4.90 Å². The summed E-state index contributed by atoms with van der Waals surface area (Å²) >= 11 is 5.96. The van der Waals surface area contributed by atoms with Gasteiger partial charge in [0.25, 0.3) is 5.91 Å². The average Bonchev–Trinajstić information content (AvgIpc) is 3.00. The molecule has 2 aliphatic rings. The zero-order valence-electron chi connectivity index (χ0n) is 14.1. The van der Waals surface area contributed by atoms with E-state index in [9.17, 15) is 14.0 Å². The van der Waals surface area contributed by atoms with Gasteiger partial charge in [-0.1, -0.05) is 17.7 Å². The Kier molecular flexibility index (Phi) is 4.41. The van der Waals surface area contributed by atoms with Gasteiger partial charge in [-0.25, -0.2) is 4.39 Å². The van der Waals surface area contributed by atoms with E-state index in [2.05, 4.69) is 5.32 Å². The summed E-state index contributed by atoms with van der Waals surface area (Å²) in [5.41, 5.74) is 2.98. The highest BCUT2D eigenvalue weighted by atomic mass is 35.5. The summed E-state index contributed by atoms with van der Waals surface area (Å²) in [6.45, 7) is 1.20. The van der Waals surface area contributed by atoms with E-state index in [0.29, 0.717) is 23.7 Å². The first-order chi connectivity index (χ1) is 12.5. The summed E-state index contributed by atoms with van der Waals surface area (Å²) < 4.78 is 13.6. The lowest BCUT2D eigenvalue weighted by Crippen LogP contribution is -2.38. The number of anilines is 1. The highest BCUT2D eigenvalue weighted by Crippen LogP contribution is 2.32. The summed E-state index contributed by atoms with van der Waals surface area (Å²) in [7, 11) is 0. The fourth-order valence-electron chi connectivity index (χ4n) is 3.85. The van der Waals surface area contributed by atoms with E-state index in [1.807, 2.05) is 11.0 Å². The molecule has 0 saturated carbocycles. The van der Waals surface area contributed by atoms with E-state index >= 15 is 0 Å². The van der Waals surface area contributed by atoms with Crippen molar-refractivity contribution in [3.05, 3.63) is 63.9 Å². The summed E-state index contributed by atoms with van der Waals surface area (Å²) in [4.78, 5) is 26.4. The molecule has 0 radical (unpaired) electrons. The molecule has 0 spiro atoms. The normalized spacial score (nSPS) is 17.2. The van der Waals surface area contributed by atoms with E-state index < -0.39 is 0 Å². The summed E-state index contributed by atoms with van der Waals surface area (Å²) in [6.07, 6.45) is 1.77. The van der Waals surface area contributed by atoms with Gasteiger partial charge in [-0.2, -0.15) is 0 Å². The number of fused-ring (bicyclic) bond motifs is 1. The predicted molar refractivity (Wildman–Crippen MR) is 98.1 cm³/mol. The van der Waals surface area contributed by atoms with Crippen LogP contribution in [0.15, 0.2) is 36.4 Å². The molecule has 134 valence electrons. The molecule has 2 aromatic rings. The van der Waals surface area contributed by atoms with Crippen LogP contribution in [-0.4, -0.2) is 29.8 Å². The van der Waals surface area contributed by atoms with Gasteiger partial charge in [0, 0.05) is 29.4 Å². The highest BCUT2D eigenvalue weighted by Gasteiger charge is 2.29. The van der Waals surface area contributed by atoms with Crippen LogP contribution in [0.5, 0.6) is 0 Å². The third kappa shape index (κ3) is 3.19. The molecule has 1 fully saturated rings. The predicted octanol–water partition coefficient (Wildman–Crippen LogP) is 3.99. The second kappa shape index (κ2) is 6.72. The molecule has 0 bridgehead atoms. The van der Waals surface area contributed by atoms with Crippen molar-refractivity contribution in [1.29, 1.82) is 0 Å². The van der Waals surface area contributed by atoms with Crippen LogP contribution < -0.4 is 5.32 Å². The number of nitrogens with one attached hydrogen (secondary N) is 1. The molecular weight excluding hydrogens is 355 g/mol. The van der Waals surface area contributed by atoms with Gasteiger partial charge in [0.2, 0.25) is 5.91 Å². The number of carbonyl (C=O) groups is 2. The molecular formula is C20H18ClFN2O2. The van der Waals surface area contributed by atoms with Gasteiger partial charge in [0.05, 0.1) is 6.42 Å². The van der Waals surface area contributed by atoms with Gasteiger partial charge in [0.1, 0.15) is 5.82 Å². The third-order valence-electron chi connectivity index (χ3n) is 5.16. The first kappa shape index (κ1) is 17.0. The molecule has 0 aliphatic carbocycles. The first-order valence-corrected chi connectivity index (χ1v) is 9.06. The largest absolute Gasteiger partial charge is 0.339 e. The number of piperidine rings is 1. The number of hydrogen-bond donors (Lipinski definition) is 1. The van der Waals surface area contributed by atoms with Gasteiger partial charge in [0.15, 0.2) is 0 Å². The topological polar surface area (TPSA) is 49.4 Å². The van der Waals surface area contributed by atoms with E-state index in [0.717, 1.165) is 29.7 Å². The second-order valence-corrected chi connectivity index (χ2v) is 7.26. The van der Waals surface area contributed by atoms with Crippen molar-refractivity contribution >= 4 is 29.1 Å². The maximum absolute atomic E-state index is 13.6. The van der Waals surface area contributed by atoms with Crippen molar-refractivity contribution in [3.63, 3.8) is 0 Å². The van der Waals surface area contributed by atoms with E-state index in [1.165, 1.54) is 12.1 Å². The summed E-state index contributed by atoms with van der Waals surface area (Å²) in [6, 6.07) is 10.0. The maximum atomic E-state index is 13.6. The molecule has 6 heteroatoms. The number of likely N-dealkylation sites (tertiary alicyclic amines) is 1. The number of hydrogen-bond acceptors (Lipinski definition) is 2. The minimum atomic E-state index is -0.331. The number of rotatable bonds is 2. The number of halogens is 2. The van der Waals surface area contributed by atoms with E-state index in [1.54, 1.807) is 18.2 Å². The molecule has 4 nitrogen and oxygen atoms in total. The SMILES string of the molecule is O=C1Cc2c(cccc2C(=O)N2CCC(c3cc(F)cc(Cl)c3)CC2)N1. The summed E-state index contributed by atoms with van der Waals surface area (Å²) in [5.74, 6) is -0.268. The van der Waals surface area contributed by atoms with Crippen molar-refractivity contribution in [3.8, 4) is 0 Å². The van der Waals surface area contributed by atoms with E-state index in [4.69, 9.17) is 11.6 Å². The average molecular weight is 373 g/mol. The Balaban J connectivity index is 1.48. The summed E-state index contributed by atoms with van der Waals surface area (Å²) in [5, 5.41) is 3.18. The Hall–Kier alpha value is -2.40. The number of amides is 2. The number of carbonyl (C=O) groups excluding carboxylic acids is 2. The van der Waals surface area contributed by atoms with Gasteiger partial charge >= 0.3 is 0 Å². The van der Waals surface area contributed by atoms with Gasteiger partial charge < -0.3 is 10.2 Å². The first-order valence-electron chi connectivity index (χ1n) is 8.68. The lowest BCUT2D eigenvalue weighted by molar-refractivity contribution is -0.115. The van der Waals surface area contributed by atoms with Gasteiger partial charge in [-0.15, -0.1) is 0 Å². The molecule has 2 amide bonds. The van der Waals surface area contributed by atoms with Crippen molar-refractivity contribution in [2.45, 2.75) is 25.2 Å². The quantitative estimate of drug-likeness (QED) is 0.866. The highest BCUT2D eigenvalue weighted by molar-refractivity contribution is 6.30. The molecule has 26 heavy (non-hydrogen) atoms. The minimum Gasteiger partial charge on any atom is -0.339 e. The Bertz CT molecular complexity index is 871. The molecule has 4 rings (SSSR count). The van der Waals surface area contributed by atoms with Crippen LogP contribution in [0.1, 0.15) is 40.2 Å². The van der Waals surface area contributed by atoms with Gasteiger partial charge in [-0.05, 0) is 60.2 Å². The molecule has 2 heterocycles. The lowest BCUT2D eigenvalue weighted by atomic mass is 9.89. The second-order valence-electron chi connectivity index (χ2n) is 6.83. The van der Waals surface area contributed by atoms with Crippen molar-refractivity contribution < 1.29 is 14.0 Å². The number of benzene rings is 2. The molecule has 0 atom stereocenters. The van der Waals surface area contributed by atoms with Crippen LogP contribution in [0.4, 0.5) is 10.1 Å². The van der Waals surface area contributed by atoms with E-state index in [-0.39, 0.29) is 30.0 Å². The standard InChI is InChI=1S/C20H18ClFN2O2/c21-14-8-13(9-15(22)10-14)12-4-6-24(7-5-12)20(26)16-2-1-3-18-17(16)11-19(25)23-18/h1-3,8-10,12H,4-7,11H2,(H,23,25). The molecule has 1 N–H and O–H groups in total. The molecule has 2 aliphatic heterocycles. The van der Waals surface area contributed by atoms with Crippen LogP contribution >= 0.6 is 11.6 Å². The Morgan fingerprint density at radius 3 is 2.69 bits per heavy atom. The Morgan fingerprint density at radius 2 is 1.96 bits per heavy atom. The Morgan fingerprint density at radius 1 is 1.19 bits per heavy atom. The van der Waals surface area contributed by atoms with Crippen LogP contribution in [0, 0.1) is 5.82 Å². The Labute approximate surface area is 155 Å².